The Morgan fingerprint density at radius 2 is 2.05 bits per heavy atom. The van der Waals surface area contributed by atoms with E-state index < -0.39 is 11.8 Å². The number of carbonyl (C=O) groups is 1. The molecular formula is C16H24FNO2. The van der Waals surface area contributed by atoms with Crippen molar-refractivity contribution < 1.29 is 14.3 Å². The molecule has 0 fully saturated rings. The Kier molecular flexibility index (Phi) is 5.99. The van der Waals surface area contributed by atoms with Crippen LogP contribution >= 0.6 is 0 Å². The molecule has 0 aliphatic rings. The van der Waals surface area contributed by atoms with Crippen molar-refractivity contribution in [3.05, 3.63) is 29.6 Å². The van der Waals surface area contributed by atoms with E-state index in [2.05, 4.69) is 26.1 Å². The molecular weight excluding hydrogens is 257 g/mol. The van der Waals surface area contributed by atoms with Crippen LogP contribution in [0.15, 0.2) is 18.2 Å². The molecule has 0 unspecified atom stereocenters. The molecule has 4 heteroatoms. The number of rotatable bonds is 8. The number of unbranched alkanes of at least 4 members (excludes halogenated alkanes) is 2. The van der Waals surface area contributed by atoms with Crippen molar-refractivity contribution in [3.63, 3.8) is 0 Å². The molecule has 0 amide bonds. The number of nitrogens with one attached hydrogen (secondary N) is 1. The SMILES string of the molecule is CCCCCC(C)(C)CNc1ccc(C(=O)O)c(F)c1. The molecule has 0 saturated heterocycles. The molecule has 0 aromatic heterocycles. The zero-order chi connectivity index (χ0) is 15.2. The van der Waals surface area contributed by atoms with Crippen LogP contribution in [-0.4, -0.2) is 17.6 Å². The summed E-state index contributed by atoms with van der Waals surface area (Å²) >= 11 is 0. The Bertz CT molecular complexity index is 458. The van der Waals surface area contributed by atoms with E-state index >= 15 is 0 Å². The number of halogens is 1. The number of carboxylic acids is 1. The van der Waals surface area contributed by atoms with Gasteiger partial charge >= 0.3 is 5.97 Å². The molecule has 3 nitrogen and oxygen atoms in total. The molecule has 0 aliphatic carbocycles. The first kappa shape index (κ1) is 16.5. The zero-order valence-corrected chi connectivity index (χ0v) is 12.5. The largest absolute Gasteiger partial charge is 0.478 e. The highest BCUT2D eigenvalue weighted by atomic mass is 19.1. The van der Waals surface area contributed by atoms with E-state index in [0.29, 0.717) is 5.69 Å². The van der Waals surface area contributed by atoms with E-state index in [9.17, 15) is 9.18 Å². The average Bonchev–Trinajstić information content (AvgIpc) is 2.36. The Hall–Kier alpha value is -1.58. The number of hydrogen-bond donors (Lipinski definition) is 2. The maximum atomic E-state index is 13.5. The molecule has 2 N–H and O–H groups in total. The minimum Gasteiger partial charge on any atom is -0.478 e. The summed E-state index contributed by atoms with van der Waals surface area (Å²) in [5.41, 5.74) is 0.464. The van der Waals surface area contributed by atoms with Gasteiger partial charge in [0.2, 0.25) is 0 Å². The summed E-state index contributed by atoms with van der Waals surface area (Å²) in [6, 6.07) is 4.14. The minimum absolute atomic E-state index is 0.136. The first-order valence-electron chi connectivity index (χ1n) is 7.12. The minimum atomic E-state index is -1.24. The predicted molar refractivity (Wildman–Crippen MR) is 79.8 cm³/mol. The zero-order valence-electron chi connectivity index (χ0n) is 12.5. The standard InChI is InChI=1S/C16H24FNO2/c1-4-5-6-9-16(2,3)11-18-12-7-8-13(15(19)20)14(17)10-12/h7-8,10,18H,4-6,9,11H2,1-3H3,(H,19,20). The predicted octanol–water partition coefficient (Wildman–Crippen LogP) is 4.54. The summed E-state index contributed by atoms with van der Waals surface area (Å²) in [6.07, 6.45) is 4.73. The molecule has 1 aromatic rings. The number of benzene rings is 1. The van der Waals surface area contributed by atoms with E-state index in [4.69, 9.17) is 5.11 Å². The van der Waals surface area contributed by atoms with Crippen molar-refractivity contribution in [2.24, 2.45) is 5.41 Å². The molecule has 0 radical (unpaired) electrons. The summed E-state index contributed by atoms with van der Waals surface area (Å²) in [5.74, 6) is -1.94. The number of aromatic carboxylic acids is 1. The van der Waals surface area contributed by atoms with Crippen molar-refractivity contribution in [1.29, 1.82) is 0 Å². The molecule has 0 atom stereocenters. The van der Waals surface area contributed by atoms with E-state index in [-0.39, 0.29) is 11.0 Å². The molecule has 0 heterocycles. The van der Waals surface area contributed by atoms with Gasteiger partial charge in [-0.3, -0.25) is 0 Å². The number of anilines is 1. The Morgan fingerprint density at radius 3 is 2.60 bits per heavy atom. The highest BCUT2D eigenvalue weighted by molar-refractivity contribution is 5.88. The van der Waals surface area contributed by atoms with Gasteiger partial charge in [-0.15, -0.1) is 0 Å². The second-order valence-corrected chi connectivity index (χ2v) is 5.97. The van der Waals surface area contributed by atoms with Crippen LogP contribution < -0.4 is 5.32 Å². The van der Waals surface area contributed by atoms with Gasteiger partial charge in [-0.05, 0) is 30.0 Å². The summed E-state index contributed by atoms with van der Waals surface area (Å²) in [4.78, 5) is 10.7. The number of hydrogen-bond acceptors (Lipinski definition) is 2. The lowest BCUT2D eigenvalue weighted by atomic mass is 9.87. The first-order valence-corrected chi connectivity index (χ1v) is 7.12. The van der Waals surface area contributed by atoms with Gasteiger partial charge in [0.15, 0.2) is 0 Å². The van der Waals surface area contributed by atoms with Crippen molar-refractivity contribution >= 4 is 11.7 Å². The fourth-order valence-electron chi connectivity index (χ4n) is 2.08. The fourth-order valence-corrected chi connectivity index (χ4v) is 2.08. The molecule has 0 spiro atoms. The Balaban J connectivity index is 2.57. The monoisotopic (exact) mass is 281 g/mol. The topological polar surface area (TPSA) is 49.3 Å². The van der Waals surface area contributed by atoms with Crippen LogP contribution in [0.4, 0.5) is 10.1 Å². The molecule has 112 valence electrons. The van der Waals surface area contributed by atoms with Gasteiger partial charge in [0.25, 0.3) is 0 Å². The van der Waals surface area contributed by atoms with Crippen LogP contribution in [-0.2, 0) is 0 Å². The molecule has 0 bridgehead atoms. The van der Waals surface area contributed by atoms with Gasteiger partial charge in [0, 0.05) is 12.2 Å². The van der Waals surface area contributed by atoms with Crippen LogP contribution in [0.3, 0.4) is 0 Å². The van der Waals surface area contributed by atoms with Crippen LogP contribution in [0.1, 0.15) is 56.8 Å². The lowest BCUT2D eigenvalue weighted by Crippen LogP contribution is -2.23. The molecule has 0 aliphatic heterocycles. The average molecular weight is 281 g/mol. The highest BCUT2D eigenvalue weighted by Crippen LogP contribution is 2.25. The van der Waals surface area contributed by atoms with Crippen molar-refractivity contribution in [2.75, 3.05) is 11.9 Å². The molecule has 0 saturated carbocycles. The van der Waals surface area contributed by atoms with Gasteiger partial charge in [0.05, 0.1) is 5.56 Å². The summed E-state index contributed by atoms with van der Waals surface area (Å²) in [5, 5.41) is 12.0. The third-order valence-corrected chi connectivity index (χ3v) is 3.43. The van der Waals surface area contributed by atoms with Gasteiger partial charge < -0.3 is 10.4 Å². The first-order chi connectivity index (χ1) is 9.35. The lowest BCUT2D eigenvalue weighted by Gasteiger charge is -2.25. The van der Waals surface area contributed by atoms with Crippen LogP contribution in [0.25, 0.3) is 0 Å². The van der Waals surface area contributed by atoms with Gasteiger partial charge in [0.1, 0.15) is 5.82 Å². The van der Waals surface area contributed by atoms with Crippen molar-refractivity contribution in [1.82, 2.24) is 0 Å². The second-order valence-electron chi connectivity index (χ2n) is 5.97. The van der Waals surface area contributed by atoms with E-state index in [0.717, 1.165) is 13.0 Å². The van der Waals surface area contributed by atoms with E-state index in [1.54, 1.807) is 6.07 Å². The van der Waals surface area contributed by atoms with Gasteiger partial charge in [-0.2, -0.15) is 0 Å². The van der Waals surface area contributed by atoms with Crippen LogP contribution in [0.2, 0.25) is 0 Å². The quantitative estimate of drug-likeness (QED) is 0.688. The van der Waals surface area contributed by atoms with Gasteiger partial charge in [-0.25, -0.2) is 9.18 Å². The van der Waals surface area contributed by atoms with Crippen LogP contribution in [0, 0.1) is 11.2 Å². The normalized spacial score (nSPS) is 11.4. The molecule has 20 heavy (non-hydrogen) atoms. The van der Waals surface area contributed by atoms with Crippen LogP contribution in [0.5, 0.6) is 0 Å². The maximum absolute atomic E-state index is 13.5. The molecule has 1 aromatic carbocycles. The fraction of sp³-hybridized carbons (Fsp3) is 0.562. The second kappa shape index (κ2) is 7.27. The Morgan fingerprint density at radius 1 is 1.35 bits per heavy atom. The van der Waals surface area contributed by atoms with Crippen molar-refractivity contribution in [3.8, 4) is 0 Å². The Labute approximate surface area is 120 Å². The third kappa shape index (κ3) is 5.19. The summed E-state index contributed by atoms with van der Waals surface area (Å²) in [6.45, 7) is 7.27. The lowest BCUT2D eigenvalue weighted by molar-refractivity contribution is 0.0692. The van der Waals surface area contributed by atoms with Gasteiger partial charge in [-0.1, -0.05) is 40.0 Å². The smallest absolute Gasteiger partial charge is 0.338 e. The maximum Gasteiger partial charge on any atom is 0.338 e. The van der Waals surface area contributed by atoms with Crippen molar-refractivity contribution in [2.45, 2.75) is 46.5 Å². The highest BCUT2D eigenvalue weighted by Gasteiger charge is 2.17. The third-order valence-electron chi connectivity index (χ3n) is 3.43. The summed E-state index contributed by atoms with van der Waals surface area (Å²) < 4.78 is 13.5. The van der Waals surface area contributed by atoms with E-state index in [1.807, 2.05) is 0 Å². The molecule has 1 rings (SSSR count). The summed E-state index contributed by atoms with van der Waals surface area (Å²) in [7, 11) is 0. The van der Waals surface area contributed by atoms with E-state index in [1.165, 1.54) is 31.4 Å². The number of carboxylic acid groups (broad SMARTS) is 1.